The van der Waals surface area contributed by atoms with E-state index in [0.717, 1.165) is 16.8 Å². The molecule has 0 atom stereocenters. The van der Waals surface area contributed by atoms with E-state index in [2.05, 4.69) is 4.72 Å². The highest BCUT2D eigenvalue weighted by Gasteiger charge is 2.16. The molecule has 20 heavy (non-hydrogen) atoms. The number of benzene rings is 1. The van der Waals surface area contributed by atoms with Crippen molar-refractivity contribution >= 4 is 10.0 Å². The van der Waals surface area contributed by atoms with Crippen LogP contribution >= 0.6 is 0 Å². The molecule has 1 aromatic heterocycles. The highest BCUT2D eigenvalue weighted by molar-refractivity contribution is 7.89. The minimum absolute atomic E-state index is 0.244. The van der Waals surface area contributed by atoms with Crippen LogP contribution in [0.1, 0.15) is 16.8 Å². The number of hydrogen-bond donors (Lipinski definition) is 2. The summed E-state index contributed by atoms with van der Waals surface area (Å²) in [5, 5.41) is 0. The molecule has 0 bridgehead atoms. The normalized spacial score (nSPS) is 11.8. The predicted molar refractivity (Wildman–Crippen MR) is 78.5 cm³/mol. The SMILES string of the molecule is Cc1cccc(CNS(=O)(=O)c2cc(CN)n(C)c2)c1. The van der Waals surface area contributed by atoms with Crippen LogP contribution in [0.4, 0.5) is 0 Å². The molecule has 0 aliphatic carbocycles. The Morgan fingerprint density at radius 2 is 2.05 bits per heavy atom. The predicted octanol–water partition coefficient (Wildman–Crippen LogP) is 1.27. The van der Waals surface area contributed by atoms with Gasteiger partial charge in [-0.1, -0.05) is 29.8 Å². The van der Waals surface area contributed by atoms with E-state index in [-0.39, 0.29) is 11.4 Å². The van der Waals surface area contributed by atoms with Crippen molar-refractivity contribution in [3.63, 3.8) is 0 Å². The molecular weight excluding hydrogens is 274 g/mol. The molecule has 6 heteroatoms. The highest BCUT2D eigenvalue weighted by atomic mass is 32.2. The van der Waals surface area contributed by atoms with Crippen LogP contribution in [0, 0.1) is 6.92 Å². The molecular formula is C14H19N3O2S. The van der Waals surface area contributed by atoms with Crippen molar-refractivity contribution in [2.45, 2.75) is 24.9 Å². The lowest BCUT2D eigenvalue weighted by Crippen LogP contribution is -2.22. The van der Waals surface area contributed by atoms with Gasteiger partial charge in [-0.05, 0) is 18.6 Å². The standard InChI is InChI=1S/C14H19N3O2S/c1-11-4-3-5-12(6-11)9-16-20(18,19)14-7-13(8-15)17(2)10-14/h3-7,10,16H,8-9,15H2,1-2H3. The maximum absolute atomic E-state index is 12.2. The molecule has 0 unspecified atom stereocenters. The number of hydrogen-bond acceptors (Lipinski definition) is 3. The van der Waals surface area contributed by atoms with Gasteiger partial charge < -0.3 is 10.3 Å². The molecule has 1 aromatic carbocycles. The van der Waals surface area contributed by atoms with Gasteiger partial charge in [0.05, 0.1) is 4.90 Å². The summed E-state index contributed by atoms with van der Waals surface area (Å²) in [6.45, 7) is 2.56. The van der Waals surface area contributed by atoms with Crippen molar-refractivity contribution in [2.24, 2.45) is 12.8 Å². The summed E-state index contributed by atoms with van der Waals surface area (Å²) in [5.74, 6) is 0. The maximum Gasteiger partial charge on any atom is 0.242 e. The molecule has 1 heterocycles. The van der Waals surface area contributed by atoms with E-state index in [9.17, 15) is 8.42 Å². The van der Waals surface area contributed by atoms with E-state index in [1.165, 1.54) is 0 Å². The van der Waals surface area contributed by atoms with E-state index in [1.807, 2.05) is 31.2 Å². The molecule has 5 nitrogen and oxygen atoms in total. The number of rotatable bonds is 5. The average Bonchev–Trinajstić information content (AvgIpc) is 2.79. The van der Waals surface area contributed by atoms with Gasteiger partial charge in [0.2, 0.25) is 10.0 Å². The van der Waals surface area contributed by atoms with Crippen molar-refractivity contribution in [2.75, 3.05) is 0 Å². The van der Waals surface area contributed by atoms with Crippen molar-refractivity contribution in [1.82, 2.24) is 9.29 Å². The summed E-state index contributed by atoms with van der Waals surface area (Å²) in [7, 11) is -1.73. The van der Waals surface area contributed by atoms with E-state index in [0.29, 0.717) is 6.54 Å². The zero-order valence-electron chi connectivity index (χ0n) is 11.6. The summed E-state index contributed by atoms with van der Waals surface area (Å²) >= 11 is 0. The Kier molecular flexibility index (Phi) is 4.27. The monoisotopic (exact) mass is 293 g/mol. The summed E-state index contributed by atoms with van der Waals surface area (Å²) < 4.78 is 28.7. The van der Waals surface area contributed by atoms with Crippen LogP contribution < -0.4 is 10.5 Å². The van der Waals surface area contributed by atoms with Crippen LogP contribution in [-0.2, 0) is 30.2 Å². The number of nitrogens with one attached hydrogen (secondary N) is 1. The molecule has 0 saturated carbocycles. The molecule has 0 spiro atoms. The fourth-order valence-corrected chi connectivity index (χ4v) is 3.12. The van der Waals surface area contributed by atoms with Crippen LogP contribution in [0.15, 0.2) is 41.4 Å². The minimum Gasteiger partial charge on any atom is -0.352 e. The van der Waals surface area contributed by atoms with Crippen LogP contribution in [0.25, 0.3) is 0 Å². The summed E-state index contributed by atoms with van der Waals surface area (Å²) in [6, 6.07) is 9.33. The summed E-state index contributed by atoms with van der Waals surface area (Å²) in [6.07, 6.45) is 1.57. The van der Waals surface area contributed by atoms with Gasteiger partial charge in [-0.3, -0.25) is 0 Å². The summed E-state index contributed by atoms with van der Waals surface area (Å²) in [4.78, 5) is 0.244. The second-order valence-electron chi connectivity index (χ2n) is 4.80. The number of nitrogens with two attached hydrogens (primary N) is 1. The Morgan fingerprint density at radius 3 is 2.65 bits per heavy atom. The van der Waals surface area contributed by atoms with E-state index in [4.69, 9.17) is 5.73 Å². The molecule has 0 saturated heterocycles. The van der Waals surface area contributed by atoms with Gasteiger partial charge in [0.1, 0.15) is 0 Å². The Labute approximate surface area is 119 Å². The quantitative estimate of drug-likeness (QED) is 0.871. The van der Waals surface area contributed by atoms with Crippen molar-refractivity contribution < 1.29 is 8.42 Å². The average molecular weight is 293 g/mol. The van der Waals surface area contributed by atoms with Gasteiger partial charge in [-0.2, -0.15) is 0 Å². The fourth-order valence-electron chi connectivity index (χ4n) is 2.01. The highest BCUT2D eigenvalue weighted by Crippen LogP contribution is 2.13. The Bertz CT molecular complexity index is 705. The largest absolute Gasteiger partial charge is 0.352 e. The van der Waals surface area contributed by atoms with Gasteiger partial charge in [0, 0.05) is 32.0 Å². The number of aryl methyl sites for hydroxylation is 2. The van der Waals surface area contributed by atoms with Crippen molar-refractivity contribution in [3.8, 4) is 0 Å². The first kappa shape index (κ1) is 14.8. The van der Waals surface area contributed by atoms with Crippen LogP contribution in [0.5, 0.6) is 0 Å². The second-order valence-corrected chi connectivity index (χ2v) is 6.56. The molecule has 2 rings (SSSR count). The van der Waals surface area contributed by atoms with Gasteiger partial charge >= 0.3 is 0 Å². The minimum atomic E-state index is -3.51. The second kappa shape index (κ2) is 5.78. The van der Waals surface area contributed by atoms with Gasteiger partial charge in [0.25, 0.3) is 0 Å². The Balaban J connectivity index is 2.15. The molecule has 0 amide bonds. The molecule has 0 fully saturated rings. The number of nitrogens with zero attached hydrogens (tertiary/aromatic N) is 1. The lowest BCUT2D eigenvalue weighted by Gasteiger charge is -2.05. The van der Waals surface area contributed by atoms with Crippen LogP contribution in [0.3, 0.4) is 0 Å². The molecule has 108 valence electrons. The van der Waals surface area contributed by atoms with Crippen molar-refractivity contribution in [1.29, 1.82) is 0 Å². The molecule has 0 radical (unpaired) electrons. The first-order chi connectivity index (χ1) is 9.42. The third-order valence-corrected chi connectivity index (χ3v) is 4.52. The van der Waals surface area contributed by atoms with Crippen LogP contribution in [-0.4, -0.2) is 13.0 Å². The lowest BCUT2D eigenvalue weighted by molar-refractivity contribution is 0.581. The molecule has 0 aliphatic rings. The third-order valence-electron chi connectivity index (χ3n) is 3.15. The first-order valence-electron chi connectivity index (χ1n) is 6.33. The number of sulfonamides is 1. The molecule has 2 aromatic rings. The zero-order chi connectivity index (χ0) is 14.8. The van der Waals surface area contributed by atoms with Crippen LogP contribution in [0.2, 0.25) is 0 Å². The first-order valence-corrected chi connectivity index (χ1v) is 7.81. The van der Waals surface area contributed by atoms with E-state index in [1.54, 1.807) is 23.9 Å². The van der Waals surface area contributed by atoms with E-state index >= 15 is 0 Å². The smallest absolute Gasteiger partial charge is 0.242 e. The van der Waals surface area contributed by atoms with Gasteiger partial charge in [-0.25, -0.2) is 13.1 Å². The Hall–Kier alpha value is -1.63. The van der Waals surface area contributed by atoms with Crippen molar-refractivity contribution in [3.05, 3.63) is 53.3 Å². The number of aromatic nitrogens is 1. The lowest BCUT2D eigenvalue weighted by atomic mass is 10.1. The third kappa shape index (κ3) is 3.27. The van der Waals surface area contributed by atoms with E-state index < -0.39 is 10.0 Å². The maximum atomic E-state index is 12.2. The Morgan fingerprint density at radius 1 is 1.30 bits per heavy atom. The fraction of sp³-hybridized carbons (Fsp3) is 0.286. The van der Waals surface area contributed by atoms with Gasteiger partial charge in [-0.15, -0.1) is 0 Å². The summed E-state index contributed by atoms with van der Waals surface area (Å²) in [5.41, 5.74) is 8.37. The van der Waals surface area contributed by atoms with Gasteiger partial charge in [0.15, 0.2) is 0 Å². The zero-order valence-corrected chi connectivity index (χ0v) is 12.4. The molecule has 0 aliphatic heterocycles. The topological polar surface area (TPSA) is 77.1 Å². The molecule has 3 N–H and O–H groups in total.